The van der Waals surface area contributed by atoms with Gasteiger partial charge in [-0.15, -0.1) is 0 Å². The fourth-order valence-corrected chi connectivity index (χ4v) is 2.09. The first-order chi connectivity index (χ1) is 7.00. The molecule has 0 aromatic heterocycles. The first-order valence-corrected chi connectivity index (χ1v) is 5.14. The number of halogens is 3. The number of alkyl halides is 3. The van der Waals surface area contributed by atoms with E-state index in [1.54, 1.807) is 0 Å². The van der Waals surface area contributed by atoms with Crippen LogP contribution in [0.15, 0.2) is 0 Å². The minimum Gasteiger partial charge on any atom is -0.395 e. The Morgan fingerprint density at radius 2 is 2.07 bits per heavy atom. The summed E-state index contributed by atoms with van der Waals surface area (Å²) < 4.78 is 37.8. The molecule has 1 aliphatic heterocycles. The summed E-state index contributed by atoms with van der Waals surface area (Å²) >= 11 is 0. The smallest absolute Gasteiger partial charge is 0.395 e. The molecule has 1 heterocycles. The monoisotopic (exact) mass is 226 g/mol. The summed E-state index contributed by atoms with van der Waals surface area (Å²) in [6.07, 6.45) is -2.08. The molecule has 0 bridgehead atoms. The summed E-state index contributed by atoms with van der Waals surface area (Å²) in [5, 5.41) is 9.02. The Morgan fingerprint density at radius 1 is 1.40 bits per heavy atom. The van der Waals surface area contributed by atoms with Crippen LogP contribution in [0, 0.1) is 0 Å². The van der Waals surface area contributed by atoms with Gasteiger partial charge < -0.3 is 10.8 Å². The number of aliphatic hydroxyl groups is 1. The van der Waals surface area contributed by atoms with Crippen LogP contribution < -0.4 is 5.73 Å². The van der Waals surface area contributed by atoms with Crippen LogP contribution in [-0.2, 0) is 0 Å². The van der Waals surface area contributed by atoms with Crippen molar-refractivity contribution >= 4 is 0 Å². The van der Waals surface area contributed by atoms with Crippen molar-refractivity contribution in [1.29, 1.82) is 0 Å². The van der Waals surface area contributed by atoms with Crippen molar-refractivity contribution in [3.8, 4) is 0 Å². The number of aliphatic hydroxyl groups excluding tert-OH is 1. The van der Waals surface area contributed by atoms with Crippen molar-refractivity contribution in [3.05, 3.63) is 0 Å². The fourth-order valence-electron chi connectivity index (χ4n) is 2.09. The molecule has 90 valence electrons. The maximum atomic E-state index is 12.6. The lowest BCUT2D eigenvalue weighted by molar-refractivity contribution is -0.191. The summed E-state index contributed by atoms with van der Waals surface area (Å²) in [7, 11) is 0. The molecule has 0 radical (unpaired) electrons. The Kier molecular flexibility index (Phi) is 4.36. The molecule has 0 aromatic carbocycles. The highest BCUT2D eigenvalue weighted by Crippen LogP contribution is 2.29. The standard InChI is InChI=1S/C9H17F3N2O/c10-9(11,12)8(5-13)14-4-2-1-3-7(14)6-15/h7-8,15H,1-6,13H2. The third-order valence-electron chi connectivity index (χ3n) is 2.88. The minimum absolute atomic E-state index is 0.230. The molecule has 2 atom stereocenters. The fraction of sp³-hybridized carbons (Fsp3) is 1.00. The zero-order valence-corrected chi connectivity index (χ0v) is 8.50. The zero-order chi connectivity index (χ0) is 11.5. The first-order valence-electron chi connectivity index (χ1n) is 5.14. The van der Waals surface area contributed by atoms with E-state index < -0.39 is 24.8 Å². The zero-order valence-electron chi connectivity index (χ0n) is 8.50. The van der Waals surface area contributed by atoms with Gasteiger partial charge in [-0.25, -0.2) is 0 Å². The van der Waals surface area contributed by atoms with Crippen molar-refractivity contribution in [1.82, 2.24) is 4.90 Å². The SMILES string of the molecule is NCC(N1CCCCC1CO)C(F)(F)F. The molecule has 15 heavy (non-hydrogen) atoms. The normalized spacial score (nSPS) is 26.6. The van der Waals surface area contributed by atoms with Crippen LogP contribution in [-0.4, -0.2) is 48.0 Å². The van der Waals surface area contributed by atoms with Crippen molar-refractivity contribution in [3.63, 3.8) is 0 Å². The molecule has 3 nitrogen and oxygen atoms in total. The van der Waals surface area contributed by atoms with E-state index in [4.69, 9.17) is 10.8 Å². The number of piperidine rings is 1. The summed E-state index contributed by atoms with van der Waals surface area (Å²) in [5.74, 6) is 0. The van der Waals surface area contributed by atoms with Gasteiger partial charge in [0, 0.05) is 12.6 Å². The quantitative estimate of drug-likeness (QED) is 0.745. The Morgan fingerprint density at radius 3 is 2.53 bits per heavy atom. The van der Waals surface area contributed by atoms with Crippen molar-refractivity contribution in [2.24, 2.45) is 5.73 Å². The summed E-state index contributed by atoms with van der Waals surface area (Å²) in [5.41, 5.74) is 5.16. The highest BCUT2D eigenvalue weighted by molar-refractivity contribution is 4.87. The van der Waals surface area contributed by atoms with Crippen LogP contribution in [0.4, 0.5) is 13.2 Å². The maximum Gasteiger partial charge on any atom is 0.405 e. The topological polar surface area (TPSA) is 49.5 Å². The lowest BCUT2D eigenvalue weighted by Crippen LogP contribution is -2.56. The largest absolute Gasteiger partial charge is 0.405 e. The Hall–Kier alpha value is -0.330. The predicted octanol–water partition coefficient (Wildman–Crippen LogP) is 0.723. The van der Waals surface area contributed by atoms with Gasteiger partial charge in [-0.2, -0.15) is 13.2 Å². The van der Waals surface area contributed by atoms with Crippen molar-refractivity contribution in [2.45, 2.75) is 37.5 Å². The van der Waals surface area contributed by atoms with Gasteiger partial charge in [0.05, 0.1) is 6.61 Å². The summed E-state index contributed by atoms with van der Waals surface area (Å²) in [6.45, 7) is -0.306. The number of rotatable bonds is 3. The molecule has 1 aliphatic rings. The van der Waals surface area contributed by atoms with Crippen LogP contribution >= 0.6 is 0 Å². The van der Waals surface area contributed by atoms with Crippen LogP contribution in [0.3, 0.4) is 0 Å². The molecule has 3 N–H and O–H groups in total. The number of hydrogen-bond donors (Lipinski definition) is 2. The molecule has 0 aromatic rings. The third kappa shape index (κ3) is 3.06. The molecule has 2 unspecified atom stereocenters. The molecule has 1 saturated heterocycles. The second-order valence-corrected chi connectivity index (χ2v) is 3.86. The van der Waals surface area contributed by atoms with Gasteiger partial charge in [0.1, 0.15) is 6.04 Å². The van der Waals surface area contributed by atoms with Gasteiger partial charge in [0.2, 0.25) is 0 Å². The second kappa shape index (κ2) is 5.14. The Bertz CT molecular complexity index is 198. The van der Waals surface area contributed by atoms with E-state index in [2.05, 4.69) is 0 Å². The average Bonchev–Trinajstić information content (AvgIpc) is 2.17. The molecular weight excluding hydrogens is 209 g/mol. The van der Waals surface area contributed by atoms with Crippen LogP contribution in [0.1, 0.15) is 19.3 Å². The first kappa shape index (κ1) is 12.7. The lowest BCUT2D eigenvalue weighted by atomic mass is 10.00. The van der Waals surface area contributed by atoms with Gasteiger partial charge in [-0.3, -0.25) is 4.90 Å². The molecule has 6 heteroatoms. The number of hydrogen-bond acceptors (Lipinski definition) is 3. The predicted molar refractivity (Wildman–Crippen MR) is 50.3 cm³/mol. The van der Waals surface area contributed by atoms with Crippen LogP contribution in [0.2, 0.25) is 0 Å². The van der Waals surface area contributed by atoms with Crippen molar-refractivity contribution < 1.29 is 18.3 Å². The summed E-state index contributed by atoms with van der Waals surface area (Å²) in [6, 6.07) is -2.01. The van der Waals surface area contributed by atoms with E-state index in [0.717, 1.165) is 12.8 Å². The molecular formula is C9H17F3N2O. The molecule has 0 aliphatic carbocycles. The van der Waals surface area contributed by atoms with E-state index in [0.29, 0.717) is 13.0 Å². The molecule has 0 amide bonds. The van der Waals surface area contributed by atoms with Gasteiger partial charge in [0.25, 0.3) is 0 Å². The highest BCUT2D eigenvalue weighted by Gasteiger charge is 2.45. The van der Waals surface area contributed by atoms with Gasteiger partial charge in [-0.05, 0) is 19.4 Å². The molecule has 0 spiro atoms. The maximum absolute atomic E-state index is 12.6. The molecule has 0 saturated carbocycles. The van der Waals surface area contributed by atoms with Crippen molar-refractivity contribution in [2.75, 3.05) is 19.7 Å². The third-order valence-corrected chi connectivity index (χ3v) is 2.88. The highest BCUT2D eigenvalue weighted by atomic mass is 19.4. The molecule has 1 rings (SSSR count). The molecule has 1 fully saturated rings. The number of nitrogens with zero attached hydrogens (tertiary/aromatic N) is 1. The lowest BCUT2D eigenvalue weighted by Gasteiger charge is -2.40. The Labute approximate surface area is 87.0 Å². The van der Waals surface area contributed by atoms with Crippen LogP contribution in [0.5, 0.6) is 0 Å². The van der Waals surface area contributed by atoms with E-state index in [1.165, 1.54) is 4.90 Å². The van der Waals surface area contributed by atoms with Gasteiger partial charge in [0.15, 0.2) is 0 Å². The summed E-state index contributed by atoms with van der Waals surface area (Å²) in [4.78, 5) is 1.30. The van der Waals surface area contributed by atoms with E-state index in [1.807, 2.05) is 0 Å². The minimum atomic E-state index is -4.31. The Balaban J connectivity index is 2.72. The average molecular weight is 226 g/mol. The van der Waals surface area contributed by atoms with E-state index in [9.17, 15) is 13.2 Å². The van der Waals surface area contributed by atoms with E-state index >= 15 is 0 Å². The van der Waals surface area contributed by atoms with Gasteiger partial charge in [-0.1, -0.05) is 6.42 Å². The second-order valence-electron chi connectivity index (χ2n) is 3.86. The van der Waals surface area contributed by atoms with E-state index in [-0.39, 0.29) is 6.61 Å². The number of likely N-dealkylation sites (tertiary alicyclic amines) is 1. The number of nitrogens with two attached hydrogens (primary N) is 1. The van der Waals surface area contributed by atoms with Crippen LogP contribution in [0.25, 0.3) is 0 Å². The van der Waals surface area contributed by atoms with Gasteiger partial charge >= 0.3 is 6.18 Å².